The summed E-state index contributed by atoms with van der Waals surface area (Å²) in [7, 11) is -0.795. The quantitative estimate of drug-likeness (QED) is 0.184. The Morgan fingerprint density at radius 1 is 0.439 bits per heavy atom. The molecule has 0 aromatic heterocycles. The van der Waals surface area contributed by atoms with Gasteiger partial charge in [0.25, 0.3) is 0 Å². The minimum atomic E-state index is -0.795. The average Bonchev–Trinajstić information content (AvgIpc) is 3.03. The molecule has 0 heterocycles. The molecular weight excluding hydrogens is 511 g/mol. The first kappa shape index (κ1) is 25.5. The number of benzene rings is 7. The molecule has 0 amide bonds. The normalized spacial score (nSPS) is 11.4. The summed E-state index contributed by atoms with van der Waals surface area (Å²) in [6.45, 7) is 2.16. The number of rotatable bonds is 6. The average molecular weight is 543 g/mol. The van der Waals surface area contributed by atoms with E-state index in [1.807, 2.05) is 0 Å². The molecule has 0 radical (unpaired) electrons. The molecule has 0 saturated heterocycles. The lowest BCUT2D eigenvalue weighted by atomic mass is 9.87. The minimum absolute atomic E-state index is 0.795. The van der Waals surface area contributed by atoms with Crippen LogP contribution in [0.4, 0.5) is 0 Å². The van der Waals surface area contributed by atoms with Crippen molar-refractivity contribution in [2.75, 3.05) is 0 Å². The van der Waals surface area contributed by atoms with Gasteiger partial charge in [0.15, 0.2) is 0 Å². The summed E-state index contributed by atoms with van der Waals surface area (Å²) in [6, 6.07) is 58.3. The second kappa shape index (κ2) is 11.2. The van der Waals surface area contributed by atoms with Gasteiger partial charge in [-0.05, 0) is 81.0 Å². The monoisotopic (exact) mass is 542 g/mol. The summed E-state index contributed by atoms with van der Waals surface area (Å²) in [5.74, 6) is 0. The third-order valence-corrected chi connectivity index (χ3v) is 10.4. The predicted octanol–water partition coefficient (Wildman–Crippen LogP) is 9.32. The van der Waals surface area contributed by atoms with E-state index in [0.29, 0.717) is 0 Å². The highest BCUT2D eigenvalue weighted by Crippen LogP contribution is 2.43. The molecule has 7 aromatic rings. The van der Waals surface area contributed by atoms with Gasteiger partial charge in [0.05, 0.1) is 0 Å². The molecule has 0 unspecified atom stereocenters. The first-order chi connectivity index (χ1) is 20.3. The van der Waals surface area contributed by atoms with Crippen LogP contribution in [0.1, 0.15) is 16.7 Å². The van der Waals surface area contributed by atoms with Gasteiger partial charge in [0.1, 0.15) is 0 Å². The summed E-state index contributed by atoms with van der Waals surface area (Å²) >= 11 is 0. The van der Waals surface area contributed by atoms with Gasteiger partial charge in [-0.2, -0.15) is 0 Å². The van der Waals surface area contributed by atoms with Crippen molar-refractivity contribution in [1.82, 2.24) is 0 Å². The van der Waals surface area contributed by atoms with Crippen LogP contribution < -0.4 is 15.9 Å². The van der Waals surface area contributed by atoms with Crippen LogP contribution in [0.5, 0.6) is 0 Å². The van der Waals surface area contributed by atoms with Crippen LogP contribution in [0, 0.1) is 6.92 Å². The summed E-state index contributed by atoms with van der Waals surface area (Å²) < 4.78 is 0. The summed E-state index contributed by atoms with van der Waals surface area (Å²) in [5.41, 5.74) is 6.71. The summed E-state index contributed by atoms with van der Waals surface area (Å²) in [6.07, 6.45) is 0.887. The zero-order valence-corrected chi connectivity index (χ0v) is 24.1. The lowest BCUT2D eigenvalue weighted by molar-refractivity contribution is 1.20. The molecular formula is C40H31P. The molecule has 0 aliphatic heterocycles. The zero-order valence-electron chi connectivity index (χ0n) is 23.2. The molecule has 0 saturated carbocycles. The van der Waals surface area contributed by atoms with Gasteiger partial charge in [0.2, 0.25) is 0 Å². The highest BCUT2D eigenvalue weighted by Gasteiger charge is 2.24. The van der Waals surface area contributed by atoms with E-state index in [4.69, 9.17) is 0 Å². The molecule has 0 aliphatic carbocycles. The molecule has 0 N–H and O–H groups in total. The van der Waals surface area contributed by atoms with Crippen LogP contribution in [0.2, 0.25) is 0 Å². The fourth-order valence-electron chi connectivity index (χ4n) is 5.98. The van der Waals surface area contributed by atoms with Gasteiger partial charge in [-0.25, -0.2) is 0 Å². The van der Waals surface area contributed by atoms with E-state index >= 15 is 0 Å². The van der Waals surface area contributed by atoms with Crippen molar-refractivity contribution in [1.29, 1.82) is 0 Å². The molecule has 41 heavy (non-hydrogen) atoms. The van der Waals surface area contributed by atoms with Crippen molar-refractivity contribution >= 4 is 45.4 Å². The van der Waals surface area contributed by atoms with Crippen LogP contribution in [0.15, 0.2) is 158 Å². The Morgan fingerprint density at radius 3 is 1.56 bits per heavy atom. The van der Waals surface area contributed by atoms with Gasteiger partial charge in [-0.1, -0.05) is 163 Å². The van der Waals surface area contributed by atoms with E-state index in [1.54, 1.807) is 0 Å². The Balaban J connectivity index is 1.58. The van der Waals surface area contributed by atoms with E-state index < -0.39 is 7.92 Å². The fourth-order valence-corrected chi connectivity index (χ4v) is 8.45. The number of aryl methyl sites for hydroxylation is 1. The van der Waals surface area contributed by atoms with Crippen LogP contribution in [0.3, 0.4) is 0 Å². The maximum atomic E-state index is 2.40. The molecule has 7 aromatic carbocycles. The summed E-state index contributed by atoms with van der Waals surface area (Å²) in [5, 5.41) is 9.31. The SMILES string of the molecule is Cc1ccc(Cc2ccc3ccccc3c2-c2c(P(c3ccccc3)c3ccccc3)ccc3ccccc23)cc1. The van der Waals surface area contributed by atoms with Gasteiger partial charge >= 0.3 is 0 Å². The highest BCUT2D eigenvalue weighted by molar-refractivity contribution is 7.80. The highest BCUT2D eigenvalue weighted by atomic mass is 31.1. The van der Waals surface area contributed by atoms with Gasteiger partial charge < -0.3 is 0 Å². The van der Waals surface area contributed by atoms with Gasteiger partial charge in [-0.15, -0.1) is 0 Å². The van der Waals surface area contributed by atoms with Crippen molar-refractivity contribution < 1.29 is 0 Å². The summed E-state index contributed by atoms with van der Waals surface area (Å²) in [4.78, 5) is 0. The molecule has 0 bridgehead atoms. The Labute approximate surface area is 243 Å². The Kier molecular flexibility index (Phi) is 6.93. The van der Waals surface area contributed by atoms with E-state index in [1.165, 1.54) is 65.3 Å². The number of hydrogen-bond acceptors (Lipinski definition) is 0. The van der Waals surface area contributed by atoms with Crippen LogP contribution in [0.25, 0.3) is 32.7 Å². The van der Waals surface area contributed by atoms with E-state index in [-0.39, 0.29) is 0 Å². The molecule has 0 nitrogen and oxygen atoms in total. The minimum Gasteiger partial charge on any atom is -0.0622 e. The van der Waals surface area contributed by atoms with Gasteiger partial charge in [-0.3, -0.25) is 0 Å². The van der Waals surface area contributed by atoms with Crippen molar-refractivity contribution in [3.05, 3.63) is 174 Å². The second-order valence-corrected chi connectivity index (χ2v) is 12.9. The third kappa shape index (κ3) is 4.97. The zero-order chi connectivity index (χ0) is 27.6. The Hall–Kier alpha value is -4.51. The van der Waals surface area contributed by atoms with E-state index in [9.17, 15) is 0 Å². The van der Waals surface area contributed by atoms with Crippen LogP contribution in [-0.4, -0.2) is 0 Å². The first-order valence-corrected chi connectivity index (χ1v) is 15.6. The van der Waals surface area contributed by atoms with Crippen molar-refractivity contribution in [3.63, 3.8) is 0 Å². The van der Waals surface area contributed by atoms with E-state index in [2.05, 4.69) is 165 Å². The fraction of sp³-hybridized carbons (Fsp3) is 0.0500. The Morgan fingerprint density at radius 2 is 0.951 bits per heavy atom. The third-order valence-electron chi connectivity index (χ3n) is 7.96. The van der Waals surface area contributed by atoms with Gasteiger partial charge in [0, 0.05) is 0 Å². The molecule has 0 atom stereocenters. The Bertz CT molecular complexity index is 1920. The topological polar surface area (TPSA) is 0 Å². The lowest BCUT2D eigenvalue weighted by Gasteiger charge is -2.26. The lowest BCUT2D eigenvalue weighted by Crippen LogP contribution is -2.22. The first-order valence-electron chi connectivity index (χ1n) is 14.2. The number of fused-ring (bicyclic) bond motifs is 2. The van der Waals surface area contributed by atoms with Crippen molar-refractivity contribution in [2.45, 2.75) is 13.3 Å². The maximum Gasteiger partial charge on any atom is -0.00126 e. The van der Waals surface area contributed by atoms with Crippen LogP contribution in [-0.2, 0) is 6.42 Å². The van der Waals surface area contributed by atoms with Crippen LogP contribution >= 0.6 is 7.92 Å². The molecule has 1 heteroatoms. The second-order valence-electron chi connectivity index (χ2n) is 10.7. The van der Waals surface area contributed by atoms with Crippen molar-refractivity contribution in [2.24, 2.45) is 0 Å². The molecule has 0 fully saturated rings. The van der Waals surface area contributed by atoms with Crippen molar-refractivity contribution in [3.8, 4) is 11.1 Å². The smallest absolute Gasteiger partial charge is 0.00126 e. The number of hydrogen-bond donors (Lipinski definition) is 0. The standard InChI is InChI=1S/C40H31P/c1-29-20-22-30(23-21-29)28-33-25-24-31-12-8-10-18-36(31)39(33)40-37-19-11-9-13-32(37)26-27-38(40)41(34-14-4-2-5-15-34)35-16-6-3-7-17-35/h2-27H,28H2,1H3. The largest absolute Gasteiger partial charge is 0.0622 e. The molecule has 196 valence electrons. The molecule has 0 aliphatic rings. The van der Waals surface area contributed by atoms with E-state index in [0.717, 1.165) is 6.42 Å². The molecule has 7 rings (SSSR count). The predicted molar refractivity (Wildman–Crippen MR) is 180 cm³/mol. The maximum absolute atomic E-state index is 2.40. The molecule has 0 spiro atoms.